The number of aryl methyl sites for hydroxylation is 1. The second-order valence-corrected chi connectivity index (χ2v) is 12.0. The maximum Gasteiger partial charge on any atom is 0.243 e. The van der Waals surface area contributed by atoms with Crippen molar-refractivity contribution >= 4 is 34.8 Å². The van der Waals surface area contributed by atoms with Crippen molar-refractivity contribution in [3.63, 3.8) is 0 Å². The lowest BCUT2D eigenvalue weighted by Gasteiger charge is -2.27. The van der Waals surface area contributed by atoms with Gasteiger partial charge in [-0.1, -0.05) is 45.0 Å². The molecule has 0 spiro atoms. The van der Waals surface area contributed by atoms with E-state index in [1.54, 1.807) is 18.3 Å². The number of benzene rings is 1. The number of Topliss-reactive ketones (excluding diaryl/α,β-unsaturated/α-hetero) is 1. The van der Waals surface area contributed by atoms with E-state index < -0.39 is 24.1 Å². The number of aromatic nitrogens is 1. The average Bonchev–Trinajstić information content (AvgIpc) is 3.54. The normalized spacial score (nSPS) is 18.3. The summed E-state index contributed by atoms with van der Waals surface area (Å²) in [5, 5.41) is 16.0. The SMILES string of the molecule is COCCC(=O)N[C@@H](CC(C)C)C(=O)C[C@@H](C)C(=O)N1C[C@H](O)C[C@H]1C(=O)NCc1ccc(-c2scnc2C)cc1. The number of carbonyl (C=O) groups is 4. The summed E-state index contributed by atoms with van der Waals surface area (Å²) in [6.45, 7) is 8.09. The Bertz CT molecular complexity index is 1200. The number of aliphatic hydroxyl groups excluding tert-OH is 1. The van der Waals surface area contributed by atoms with E-state index in [0.29, 0.717) is 6.42 Å². The van der Waals surface area contributed by atoms with Crippen molar-refractivity contribution in [3.05, 3.63) is 41.0 Å². The molecule has 1 aromatic heterocycles. The molecule has 1 saturated heterocycles. The zero-order chi connectivity index (χ0) is 30.1. The predicted octanol–water partition coefficient (Wildman–Crippen LogP) is 2.86. The maximum atomic E-state index is 13.4. The van der Waals surface area contributed by atoms with Crippen LogP contribution in [0.3, 0.4) is 0 Å². The number of ketones is 1. The number of nitrogens with one attached hydrogen (secondary N) is 2. The first-order valence-electron chi connectivity index (χ1n) is 14.1. The van der Waals surface area contributed by atoms with Crippen LogP contribution in [0.5, 0.6) is 0 Å². The first kappa shape index (κ1) is 32.4. The summed E-state index contributed by atoms with van der Waals surface area (Å²) in [4.78, 5) is 58.6. The van der Waals surface area contributed by atoms with E-state index in [1.807, 2.05) is 50.5 Å². The molecule has 1 aromatic carbocycles. The van der Waals surface area contributed by atoms with Crippen LogP contribution in [0.15, 0.2) is 29.8 Å². The Balaban J connectivity index is 1.58. The lowest BCUT2D eigenvalue weighted by atomic mass is 9.93. The molecule has 2 heterocycles. The second-order valence-electron chi connectivity index (χ2n) is 11.1. The Labute approximate surface area is 245 Å². The van der Waals surface area contributed by atoms with E-state index in [-0.39, 0.29) is 68.4 Å². The van der Waals surface area contributed by atoms with Gasteiger partial charge in [0.2, 0.25) is 17.7 Å². The number of nitrogens with zero attached hydrogens (tertiary/aromatic N) is 2. The van der Waals surface area contributed by atoms with Gasteiger partial charge in [0.15, 0.2) is 5.78 Å². The lowest BCUT2D eigenvalue weighted by Crippen LogP contribution is -2.48. The van der Waals surface area contributed by atoms with Gasteiger partial charge in [-0.15, -0.1) is 11.3 Å². The molecule has 0 unspecified atom stereocenters. The van der Waals surface area contributed by atoms with Gasteiger partial charge in [0.1, 0.15) is 6.04 Å². The van der Waals surface area contributed by atoms with Gasteiger partial charge in [-0.3, -0.25) is 19.2 Å². The number of hydrogen-bond donors (Lipinski definition) is 3. The largest absolute Gasteiger partial charge is 0.391 e. The summed E-state index contributed by atoms with van der Waals surface area (Å²) < 4.78 is 4.94. The highest BCUT2D eigenvalue weighted by Gasteiger charge is 2.40. The molecular formula is C30H42N4O6S. The Kier molecular flexibility index (Phi) is 12.0. The first-order chi connectivity index (χ1) is 19.5. The third-order valence-corrected chi connectivity index (χ3v) is 8.16. The average molecular weight is 587 g/mol. The van der Waals surface area contributed by atoms with Gasteiger partial charge in [-0.05, 0) is 30.4 Å². The molecule has 0 radical (unpaired) electrons. The Hall–Kier alpha value is -3.15. The summed E-state index contributed by atoms with van der Waals surface area (Å²) in [5.74, 6) is -1.78. The van der Waals surface area contributed by atoms with Crippen LogP contribution in [-0.4, -0.2) is 76.9 Å². The number of methoxy groups -OCH3 is 1. The molecule has 0 bridgehead atoms. The number of rotatable bonds is 14. The van der Waals surface area contributed by atoms with Gasteiger partial charge < -0.3 is 25.4 Å². The number of aliphatic hydroxyl groups is 1. The number of thiazole rings is 1. The molecule has 1 aliphatic rings. The topological polar surface area (TPSA) is 138 Å². The van der Waals surface area contributed by atoms with Crippen LogP contribution in [0.4, 0.5) is 0 Å². The number of ether oxygens (including phenoxy) is 1. The molecule has 11 heteroatoms. The van der Waals surface area contributed by atoms with Crippen LogP contribution in [0.2, 0.25) is 0 Å². The van der Waals surface area contributed by atoms with E-state index in [9.17, 15) is 24.3 Å². The number of β-amino-alcohol motifs (C(OH)–C–C–N with tert-alkyl or cyclic N) is 1. The van der Waals surface area contributed by atoms with Gasteiger partial charge in [0.05, 0.1) is 34.8 Å². The first-order valence-corrected chi connectivity index (χ1v) is 14.9. The third kappa shape index (κ3) is 9.17. The highest BCUT2D eigenvalue weighted by molar-refractivity contribution is 7.13. The zero-order valence-electron chi connectivity index (χ0n) is 24.5. The van der Waals surface area contributed by atoms with Crippen molar-refractivity contribution in [2.24, 2.45) is 11.8 Å². The van der Waals surface area contributed by atoms with Crippen molar-refractivity contribution in [2.45, 2.75) is 78.1 Å². The second kappa shape index (κ2) is 15.2. The minimum Gasteiger partial charge on any atom is -0.391 e. The van der Waals surface area contributed by atoms with Crippen LogP contribution in [0.25, 0.3) is 10.4 Å². The number of carbonyl (C=O) groups excluding carboxylic acids is 4. The van der Waals surface area contributed by atoms with Crippen LogP contribution < -0.4 is 10.6 Å². The predicted molar refractivity (Wildman–Crippen MR) is 157 cm³/mol. The minimum atomic E-state index is -0.826. The third-order valence-electron chi connectivity index (χ3n) is 7.19. The summed E-state index contributed by atoms with van der Waals surface area (Å²) in [6.07, 6.45) is -0.170. The minimum absolute atomic E-state index is 0.0293. The molecule has 3 N–H and O–H groups in total. The van der Waals surface area contributed by atoms with Crippen molar-refractivity contribution in [3.8, 4) is 10.4 Å². The molecule has 1 fully saturated rings. The quantitative estimate of drug-likeness (QED) is 0.310. The van der Waals surface area contributed by atoms with Crippen molar-refractivity contribution in [1.82, 2.24) is 20.5 Å². The summed E-state index contributed by atoms with van der Waals surface area (Å²) in [5.41, 5.74) is 4.75. The fourth-order valence-electron chi connectivity index (χ4n) is 4.98. The number of hydrogen-bond acceptors (Lipinski definition) is 8. The number of amides is 3. The highest BCUT2D eigenvalue weighted by atomic mass is 32.1. The van der Waals surface area contributed by atoms with Crippen molar-refractivity contribution < 1.29 is 29.0 Å². The maximum absolute atomic E-state index is 13.4. The van der Waals surface area contributed by atoms with Gasteiger partial charge in [0, 0.05) is 45.4 Å². The molecule has 4 atom stereocenters. The molecule has 0 saturated carbocycles. The highest BCUT2D eigenvalue weighted by Crippen LogP contribution is 2.27. The van der Waals surface area contributed by atoms with E-state index in [2.05, 4.69) is 15.6 Å². The zero-order valence-corrected chi connectivity index (χ0v) is 25.3. The summed E-state index contributed by atoms with van der Waals surface area (Å²) >= 11 is 1.58. The monoisotopic (exact) mass is 586 g/mol. The van der Waals surface area contributed by atoms with E-state index in [0.717, 1.165) is 21.7 Å². The number of likely N-dealkylation sites (tertiary alicyclic amines) is 1. The summed E-state index contributed by atoms with van der Waals surface area (Å²) in [7, 11) is 1.50. The van der Waals surface area contributed by atoms with Gasteiger partial charge in [0.25, 0.3) is 0 Å². The molecule has 3 amide bonds. The lowest BCUT2D eigenvalue weighted by molar-refractivity contribution is -0.142. The Morgan fingerprint density at radius 2 is 1.88 bits per heavy atom. The molecule has 224 valence electrons. The van der Waals surface area contributed by atoms with Crippen LogP contribution in [0.1, 0.15) is 57.7 Å². The van der Waals surface area contributed by atoms with E-state index in [1.165, 1.54) is 12.0 Å². The van der Waals surface area contributed by atoms with Crippen molar-refractivity contribution in [2.75, 3.05) is 20.3 Å². The fourth-order valence-corrected chi connectivity index (χ4v) is 5.80. The molecule has 0 aliphatic carbocycles. The molecule has 1 aliphatic heterocycles. The van der Waals surface area contributed by atoms with Gasteiger partial charge in [-0.25, -0.2) is 4.98 Å². The standard InChI is InChI=1S/C30H42N4O6S/c1-18(2)12-24(33-27(37)10-11-40-5)26(36)13-19(3)30(39)34-16-23(35)14-25(34)29(38)31-15-21-6-8-22(9-7-21)28-20(4)32-17-41-28/h6-9,17-19,23-25,35H,10-16H2,1-5H3,(H,31,38)(H,33,37)/t19-,23-,24+,25+/m1/s1. The molecule has 2 aromatic rings. The van der Waals surface area contributed by atoms with Crippen LogP contribution in [-0.2, 0) is 30.5 Å². The van der Waals surface area contributed by atoms with Crippen molar-refractivity contribution in [1.29, 1.82) is 0 Å². The smallest absolute Gasteiger partial charge is 0.243 e. The molecule has 3 rings (SSSR count). The summed E-state index contributed by atoms with van der Waals surface area (Å²) in [6, 6.07) is 6.33. The van der Waals surface area contributed by atoms with Gasteiger partial charge >= 0.3 is 0 Å². The van der Waals surface area contributed by atoms with E-state index in [4.69, 9.17) is 4.74 Å². The van der Waals surface area contributed by atoms with Crippen LogP contribution in [0, 0.1) is 18.8 Å². The van der Waals surface area contributed by atoms with Crippen LogP contribution >= 0.6 is 11.3 Å². The molecule has 10 nitrogen and oxygen atoms in total. The van der Waals surface area contributed by atoms with Gasteiger partial charge in [-0.2, -0.15) is 0 Å². The molecule has 41 heavy (non-hydrogen) atoms. The molecular weight excluding hydrogens is 544 g/mol. The Morgan fingerprint density at radius 3 is 2.49 bits per heavy atom. The van der Waals surface area contributed by atoms with E-state index >= 15 is 0 Å². The fraction of sp³-hybridized carbons (Fsp3) is 0.567. The Morgan fingerprint density at radius 1 is 1.17 bits per heavy atom.